The van der Waals surface area contributed by atoms with Crippen molar-refractivity contribution in [2.24, 2.45) is 0 Å². The van der Waals surface area contributed by atoms with Gasteiger partial charge in [0.2, 0.25) is 11.7 Å². The Morgan fingerprint density at radius 2 is 1.59 bits per heavy atom. The molecular weight excluding hydrogens is 715 g/mol. The van der Waals surface area contributed by atoms with Crippen molar-refractivity contribution >= 4 is 52.1 Å². The topological polar surface area (TPSA) is 150 Å². The lowest BCUT2D eigenvalue weighted by molar-refractivity contribution is -0.120. The van der Waals surface area contributed by atoms with E-state index in [1.807, 2.05) is 57.2 Å². The van der Waals surface area contributed by atoms with Crippen molar-refractivity contribution in [3.05, 3.63) is 58.9 Å². The fourth-order valence-corrected chi connectivity index (χ4v) is 8.13. The normalized spacial score (nSPS) is 23.4. The van der Waals surface area contributed by atoms with Crippen LogP contribution in [0.1, 0.15) is 109 Å². The molecule has 8 rings (SSSR count). The van der Waals surface area contributed by atoms with E-state index < -0.39 is 28.8 Å². The number of nitrogens with zero attached hydrogens (tertiary/aromatic N) is 6. The van der Waals surface area contributed by atoms with Crippen molar-refractivity contribution in [3.63, 3.8) is 0 Å². The highest BCUT2D eigenvalue weighted by atomic mass is 16.6. The Hall–Kier alpha value is -5.24. The smallest absolute Gasteiger partial charge is 0.435 e. The summed E-state index contributed by atoms with van der Waals surface area (Å²) in [6.07, 6.45) is 1.15. The van der Waals surface area contributed by atoms with Crippen LogP contribution in [0.2, 0.25) is 0 Å². The zero-order valence-corrected chi connectivity index (χ0v) is 33.9. The second-order valence-corrected chi connectivity index (χ2v) is 17.7. The molecule has 1 saturated heterocycles. The van der Waals surface area contributed by atoms with Gasteiger partial charge in [0.1, 0.15) is 17.0 Å². The van der Waals surface area contributed by atoms with Crippen LogP contribution >= 0.6 is 0 Å². The maximum atomic E-state index is 14.4. The summed E-state index contributed by atoms with van der Waals surface area (Å²) in [7, 11) is 1.60. The van der Waals surface area contributed by atoms with E-state index >= 15 is 0 Å². The van der Waals surface area contributed by atoms with Crippen molar-refractivity contribution < 1.29 is 33.3 Å². The molecule has 4 atom stereocenters. The number of hydrogen-bond donors (Lipinski definition) is 1. The molecule has 2 aliphatic heterocycles. The molecule has 2 aliphatic carbocycles. The molecular formula is C42H51N7O7. The van der Waals surface area contributed by atoms with Crippen molar-refractivity contribution in [3.8, 4) is 5.75 Å². The summed E-state index contributed by atoms with van der Waals surface area (Å²) in [4.78, 5) is 55.0. The van der Waals surface area contributed by atoms with Crippen molar-refractivity contribution in [2.75, 3.05) is 35.3 Å². The van der Waals surface area contributed by atoms with Crippen molar-refractivity contribution in [1.29, 1.82) is 0 Å². The molecule has 296 valence electrons. The van der Waals surface area contributed by atoms with E-state index in [0.717, 1.165) is 35.4 Å². The molecule has 1 unspecified atom stereocenters. The van der Waals surface area contributed by atoms with E-state index in [1.54, 1.807) is 48.7 Å². The minimum atomic E-state index is -0.956. The predicted octanol–water partition coefficient (Wildman–Crippen LogP) is 7.87. The van der Waals surface area contributed by atoms with E-state index in [2.05, 4.69) is 10.2 Å². The fourth-order valence-electron chi connectivity index (χ4n) is 8.13. The zero-order valence-electron chi connectivity index (χ0n) is 33.9. The number of fused-ring (bicyclic) bond motifs is 3. The van der Waals surface area contributed by atoms with Crippen LogP contribution in [0.5, 0.6) is 5.75 Å². The van der Waals surface area contributed by atoms with Crippen LogP contribution in [0, 0.1) is 6.92 Å². The molecule has 14 nitrogen and oxygen atoms in total. The number of ether oxygens (including phenoxy) is 4. The minimum Gasteiger partial charge on any atom is -0.490 e. The number of imide groups is 1. The van der Waals surface area contributed by atoms with Crippen molar-refractivity contribution in [2.45, 2.75) is 122 Å². The number of hydrogen-bond acceptors (Lipinski definition) is 12. The molecule has 0 bridgehead atoms. The maximum absolute atomic E-state index is 14.4. The number of benzene rings is 2. The molecule has 4 aromatic rings. The summed E-state index contributed by atoms with van der Waals surface area (Å²) in [6, 6.07) is 11.5. The van der Waals surface area contributed by atoms with Gasteiger partial charge < -0.3 is 29.2 Å². The summed E-state index contributed by atoms with van der Waals surface area (Å²) in [5.74, 6) is 2.36. The zero-order chi connectivity index (χ0) is 40.1. The quantitative estimate of drug-likeness (QED) is 0.204. The third-order valence-electron chi connectivity index (χ3n) is 10.6. The van der Waals surface area contributed by atoms with Gasteiger partial charge in [0.15, 0.2) is 17.5 Å². The molecule has 2 amide bonds. The second kappa shape index (κ2) is 13.2. The Kier molecular flexibility index (Phi) is 8.86. The molecule has 4 heterocycles. The Labute approximate surface area is 326 Å². The summed E-state index contributed by atoms with van der Waals surface area (Å²) in [5, 5.41) is 8.85. The molecule has 3 fully saturated rings. The number of methoxy groups -OCH3 is 1. The summed E-state index contributed by atoms with van der Waals surface area (Å²) >= 11 is 0. The Morgan fingerprint density at radius 3 is 2.23 bits per heavy atom. The van der Waals surface area contributed by atoms with E-state index in [0.29, 0.717) is 59.3 Å². The summed E-state index contributed by atoms with van der Waals surface area (Å²) < 4.78 is 24.8. The third kappa shape index (κ3) is 6.71. The van der Waals surface area contributed by atoms with Crippen LogP contribution in [-0.2, 0) is 24.4 Å². The van der Waals surface area contributed by atoms with Gasteiger partial charge in [-0.05, 0) is 111 Å². The number of rotatable bonds is 6. The number of nitrogens with one attached hydrogen (secondary N) is 1. The average molecular weight is 766 g/mol. The highest BCUT2D eigenvalue weighted by molar-refractivity contribution is 6.23. The van der Waals surface area contributed by atoms with Crippen LogP contribution in [-0.4, -0.2) is 81.5 Å². The first-order chi connectivity index (χ1) is 26.4. The maximum Gasteiger partial charge on any atom is 0.435 e. The molecule has 4 aliphatic rings. The fraction of sp³-hybridized carbons (Fsp3) is 0.524. The number of aryl methyl sites for hydroxylation is 1. The SMILES string of the molecule is COc1c(Nc2nn(C(=O)OC(C)(C)C)c3cc(C4C[C@@]45C(=O)N(C(=O)OC(C)(C)C)c4ccc(C)cc45)ccc23)nc(C2CC2)nc1N1C[C@@H](C)O[C@@H](C)C1. The van der Waals surface area contributed by atoms with Gasteiger partial charge in [0.25, 0.3) is 0 Å². The highest BCUT2D eigenvalue weighted by Gasteiger charge is 2.68. The van der Waals surface area contributed by atoms with Gasteiger partial charge >= 0.3 is 12.2 Å². The van der Waals surface area contributed by atoms with Crippen LogP contribution in [0.25, 0.3) is 10.9 Å². The molecule has 2 aromatic heterocycles. The average Bonchev–Trinajstić information content (AvgIpc) is 4.02. The summed E-state index contributed by atoms with van der Waals surface area (Å²) in [5.41, 5.74) is 1.10. The van der Waals surface area contributed by atoms with Gasteiger partial charge in [-0.3, -0.25) is 4.79 Å². The minimum absolute atomic E-state index is 0.00453. The predicted molar refractivity (Wildman–Crippen MR) is 211 cm³/mol. The highest BCUT2D eigenvalue weighted by Crippen LogP contribution is 2.66. The number of anilines is 4. The van der Waals surface area contributed by atoms with Gasteiger partial charge in [-0.2, -0.15) is 4.68 Å². The first kappa shape index (κ1) is 37.7. The number of carbonyl (C=O) groups excluding carboxylic acids is 3. The first-order valence-electron chi connectivity index (χ1n) is 19.4. The third-order valence-corrected chi connectivity index (χ3v) is 10.6. The van der Waals surface area contributed by atoms with Crippen LogP contribution in [0.4, 0.5) is 32.7 Å². The molecule has 14 heteroatoms. The van der Waals surface area contributed by atoms with E-state index in [1.165, 1.54) is 9.58 Å². The first-order valence-corrected chi connectivity index (χ1v) is 19.4. The number of aromatic nitrogens is 4. The van der Waals surface area contributed by atoms with Crippen LogP contribution < -0.4 is 19.9 Å². The molecule has 0 radical (unpaired) electrons. The van der Waals surface area contributed by atoms with Crippen LogP contribution in [0.15, 0.2) is 36.4 Å². The Morgan fingerprint density at radius 1 is 0.911 bits per heavy atom. The lowest BCUT2D eigenvalue weighted by Gasteiger charge is -2.36. The Bertz CT molecular complexity index is 2260. The van der Waals surface area contributed by atoms with Crippen molar-refractivity contribution in [1.82, 2.24) is 19.7 Å². The summed E-state index contributed by atoms with van der Waals surface area (Å²) in [6.45, 7) is 18.1. The van der Waals surface area contributed by atoms with E-state index in [4.69, 9.17) is 34.0 Å². The molecule has 2 saturated carbocycles. The lowest BCUT2D eigenvalue weighted by Crippen LogP contribution is -2.46. The largest absolute Gasteiger partial charge is 0.490 e. The second-order valence-electron chi connectivity index (χ2n) is 17.7. The number of amides is 2. The number of carbonyl (C=O) groups is 3. The molecule has 1 N–H and O–H groups in total. The molecule has 1 spiro atoms. The van der Waals surface area contributed by atoms with Crippen LogP contribution in [0.3, 0.4) is 0 Å². The van der Waals surface area contributed by atoms with Gasteiger partial charge in [-0.15, -0.1) is 5.10 Å². The Balaban J connectivity index is 1.20. The van der Waals surface area contributed by atoms with E-state index in [9.17, 15) is 14.4 Å². The van der Waals surface area contributed by atoms with Gasteiger partial charge in [-0.1, -0.05) is 23.8 Å². The van der Waals surface area contributed by atoms with Gasteiger partial charge in [0, 0.05) is 30.3 Å². The van der Waals surface area contributed by atoms with E-state index in [-0.39, 0.29) is 30.0 Å². The monoisotopic (exact) mass is 765 g/mol. The standard InChI is InChI=1S/C42H51N7O7/c1-22-11-16-30-28(17-22)42(37(50)48(30)38(51)55-40(4,5)6)19-29(42)26-14-15-27-31(18-26)49(39(52)56-41(7,8)9)46-34(27)44-35-32(53-10)36(45-33(43-35)25-12-13-25)47-20-23(2)54-24(3)21-47/h11,14-18,23-25,29H,12-13,19-21H2,1-10H3,(H,43,44,45,46)/t23-,24+,29?,42-/m0/s1. The lowest BCUT2D eigenvalue weighted by atomic mass is 9.91. The number of morpholine rings is 1. The molecule has 2 aromatic carbocycles. The van der Waals surface area contributed by atoms with Gasteiger partial charge in [0.05, 0.1) is 35.9 Å². The van der Waals surface area contributed by atoms with Gasteiger partial charge in [-0.25, -0.2) is 24.5 Å². The molecule has 56 heavy (non-hydrogen) atoms.